The van der Waals surface area contributed by atoms with Gasteiger partial charge >= 0.3 is 5.69 Å². The molecule has 0 saturated carbocycles. The normalized spacial score (nSPS) is 10.3. The lowest BCUT2D eigenvalue weighted by Crippen LogP contribution is -2.40. The Kier molecular flexibility index (Phi) is 5.98. The molecular formula is C17H20N4O4. The second-order valence-corrected chi connectivity index (χ2v) is 5.37. The molecule has 0 spiro atoms. The van der Waals surface area contributed by atoms with E-state index in [0.717, 1.165) is 15.9 Å². The van der Waals surface area contributed by atoms with Crippen LogP contribution in [0.3, 0.4) is 0 Å². The van der Waals surface area contributed by atoms with E-state index < -0.39 is 11.2 Å². The van der Waals surface area contributed by atoms with Crippen LogP contribution in [0, 0.1) is 11.3 Å². The van der Waals surface area contributed by atoms with Crippen LogP contribution in [0.5, 0.6) is 5.75 Å². The van der Waals surface area contributed by atoms with Crippen molar-refractivity contribution in [3.63, 3.8) is 0 Å². The third kappa shape index (κ3) is 4.08. The van der Waals surface area contributed by atoms with Crippen molar-refractivity contribution in [1.82, 2.24) is 9.13 Å². The van der Waals surface area contributed by atoms with Crippen LogP contribution in [0.15, 0.2) is 33.9 Å². The van der Waals surface area contributed by atoms with Crippen molar-refractivity contribution < 1.29 is 9.47 Å². The molecule has 132 valence electrons. The fourth-order valence-electron chi connectivity index (χ4n) is 2.31. The lowest BCUT2D eigenvalue weighted by atomic mass is 10.2. The second-order valence-electron chi connectivity index (χ2n) is 5.37. The molecule has 0 amide bonds. The summed E-state index contributed by atoms with van der Waals surface area (Å²) in [5, 5.41) is 12.1. The van der Waals surface area contributed by atoms with Crippen molar-refractivity contribution in [1.29, 1.82) is 5.26 Å². The Bertz CT molecular complexity index is 891. The summed E-state index contributed by atoms with van der Waals surface area (Å²) in [6.45, 7) is 1.12. The molecule has 0 aliphatic rings. The average Bonchev–Trinajstić information content (AvgIpc) is 2.64. The van der Waals surface area contributed by atoms with Gasteiger partial charge in [-0.05, 0) is 17.7 Å². The monoisotopic (exact) mass is 344 g/mol. The molecule has 0 bridgehead atoms. The van der Waals surface area contributed by atoms with E-state index in [-0.39, 0.29) is 11.4 Å². The zero-order chi connectivity index (χ0) is 18.4. The van der Waals surface area contributed by atoms with Crippen molar-refractivity contribution in [3.8, 4) is 11.8 Å². The number of nitrogens with one attached hydrogen (secondary N) is 1. The van der Waals surface area contributed by atoms with Crippen molar-refractivity contribution in [3.05, 3.63) is 56.2 Å². The van der Waals surface area contributed by atoms with Crippen LogP contribution in [-0.2, 0) is 25.4 Å². The van der Waals surface area contributed by atoms with E-state index in [1.807, 2.05) is 30.3 Å². The number of ether oxygens (including phenoxy) is 2. The third-order valence-electron chi connectivity index (χ3n) is 3.74. The van der Waals surface area contributed by atoms with Gasteiger partial charge in [0.05, 0.1) is 20.3 Å². The standard InChI is InChI=1S/C17H20N4O4/c1-20-15(14(10-18)16(22)21(2)17(20)23)19-8-9-25-11-12-4-6-13(24-3)7-5-12/h4-7,19H,8-9,11H2,1-3H3. The summed E-state index contributed by atoms with van der Waals surface area (Å²) in [5.74, 6) is 0.977. The summed E-state index contributed by atoms with van der Waals surface area (Å²) in [4.78, 5) is 23.9. The molecule has 1 N–H and O–H groups in total. The number of anilines is 1. The van der Waals surface area contributed by atoms with Crippen LogP contribution in [0.4, 0.5) is 5.82 Å². The molecule has 0 fully saturated rings. The lowest BCUT2D eigenvalue weighted by molar-refractivity contribution is 0.130. The number of rotatable bonds is 7. The Morgan fingerprint density at radius 1 is 1.16 bits per heavy atom. The highest BCUT2D eigenvalue weighted by molar-refractivity contribution is 5.51. The van der Waals surface area contributed by atoms with E-state index in [0.29, 0.717) is 19.8 Å². The molecule has 25 heavy (non-hydrogen) atoms. The van der Waals surface area contributed by atoms with E-state index >= 15 is 0 Å². The zero-order valence-corrected chi connectivity index (χ0v) is 14.4. The van der Waals surface area contributed by atoms with Gasteiger partial charge in [0, 0.05) is 20.6 Å². The van der Waals surface area contributed by atoms with Gasteiger partial charge in [-0.15, -0.1) is 0 Å². The SMILES string of the molecule is COc1ccc(COCCNc2c(C#N)c(=O)n(C)c(=O)n2C)cc1. The largest absolute Gasteiger partial charge is 0.497 e. The molecule has 0 aliphatic heterocycles. The predicted molar refractivity (Wildman–Crippen MR) is 92.8 cm³/mol. The maximum Gasteiger partial charge on any atom is 0.332 e. The molecule has 1 aromatic heterocycles. The molecule has 0 radical (unpaired) electrons. The molecule has 2 aromatic rings. The van der Waals surface area contributed by atoms with Gasteiger partial charge in [-0.1, -0.05) is 12.1 Å². The summed E-state index contributed by atoms with van der Waals surface area (Å²) in [6.07, 6.45) is 0. The summed E-state index contributed by atoms with van der Waals surface area (Å²) in [5.41, 5.74) is -0.211. The summed E-state index contributed by atoms with van der Waals surface area (Å²) in [6, 6.07) is 9.36. The van der Waals surface area contributed by atoms with E-state index in [9.17, 15) is 14.9 Å². The Labute approximate surface area is 144 Å². The fourth-order valence-corrected chi connectivity index (χ4v) is 2.31. The van der Waals surface area contributed by atoms with Gasteiger partial charge in [0.15, 0.2) is 5.56 Å². The zero-order valence-electron chi connectivity index (χ0n) is 14.4. The van der Waals surface area contributed by atoms with E-state index in [1.165, 1.54) is 18.7 Å². The summed E-state index contributed by atoms with van der Waals surface area (Å²) >= 11 is 0. The number of methoxy groups -OCH3 is 1. The van der Waals surface area contributed by atoms with Gasteiger partial charge in [0.25, 0.3) is 5.56 Å². The Balaban J connectivity index is 1.95. The van der Waals surface area contributed by atoms with Gasteiger partial charge < -0.3 is 14.8 Å². The Morgan fingerprint density at radius 2 is 1.84 bits per heavy atom. The van der Waals surface area contributed by atoms with Gasteiger partial charge in [-0.3, -0.25) is 13.9 Å². The third-order valence-corrected chi connectivity index (χ3v) is 3.74. The first-order valence-electron chi connectivity index (χ1n) is 7.64. The van der Waals surface area contributed by atoms with Crippen LogP contribution in [0.25, 0.3) is 0 Å². The first-order chi connectivity index (χ1) is 12.0. The molecule has 0 saturated heterocycles. The molecule has 8 heteroatoms. The smallest absolute Gasteiger partial charge is 0.332 e. The maximum absolute atomic E-state index is 12.0. The Morgan fingerprint density at radius 3 is 2.44 bits per heavy atom. The molecule has 0 atom stereocenters. The quantitative estimate of drug-likeness (QED) is 0.738. The van der Waals surface area contributed by atoms with Crippen molar-refractivity contribution in [2.24, 2.45) is 14.1 Å². The maximum atomic E-state index is 12.0. The number of nitriles is 1. The molecule has 1 aromatic carbocycles. The van der Waals surface area contributed by atoms with E-state index in [2.05, 4.69) is 5.32 Å². The van der Waals surface area contributed by atoms with E-state index in [4.69, 9.17) is 9.47 Å². The first kappa shape index (κ1) is 18.3. The summed E-state index contributed by atoms with van der Waals surface area (Å²) < 4.78 is 12.8. The second kappa shape index (κ2) is 8.17. The number of benzene rings is 1. The summed E-state index contributed by atoms with van der Waals surface area (Å²) in [7, 11) is 4.45. The topological polar surface area (TPSA) is 98.3 Å². The lowest BCUT2D eigenvalue weighted by Gasteiger charge is -2.13. The number of hydrogen-bond donors (Lipinski definition) is 1. The highest BCUT2D eigenvalue weighted by Gasteiger charge is 2.14. The molecular weight excluding hydrogens is 324 g/mol. The minimum Gasteiger partial charge on any atom is -0.497 e. The molecule has 0 unspecified atom stereocenters. The number of hydrogen-bond acceptors (Lipinski definition) is 6. The highest BCUT2D eigenvalue weighted by Crippen LogP contribution is 2.12. The number of nitrogens with zero attached hydrogens (tertiary/aromatic N) is 3. The first-order valence-corrected chi connectivity index (χ1v) is 7.64. The Hall–Kier alpha value is -3.05. The predicted octanol–water partition coefficient (Wildman–Crippen LogP) is 0.593. The van der Waals surface area contributed by atoms with Crippen molar-refractivity contribution in [2.75, 3.05) is 25.6 Å². The van der Waals surface area contributed by atoms with Crippen LogP contribution in [0.2, 0.25) is 0 Å². The van der Waals surface area contributed by atoms with Crippen LogP contribution in [0.1, 0.15) is 11.1 Å². The molecule has 2 rings (SSSR count). The minimum atomic E-state index is -0.618. The highest BCUT2D eigenvalue weighted by atomic mass is 16.5. The molecule has 0 aliphatic carbocycles. The van der Waals surface area contributed by atoms with Gasteiger partial charge in [-0.2, -0.15) is 5.26 Å². The van der Waals surface area contributed by atoms with Gasteiger partial charge in [0.1, 0.15) is 17.6 Å². The molecule has 1 heterocycles. The van der Waals surface area contributed by atoms with Crippen molar-refractivity contribution >= 4 is 5.82 Å². The number of aromatic nitrogens is 2. The average molecular weight is 344 g/mol. The van der Waals surface area contributed by atoms with E-state index in [1.54, 1.807) is 7.11 Å². The van der Waals surface area contributed by atoms with Crippen LogP contribution < -0.4 is 21.3 Å². The molecule has 8 nitrogen and oxygen atoms in total. The van der Waals surface area contributed by atoms with Crippen LogP contribution >= 0.6 is 0 Å². The minimum absolute atomic E-state index is 0.0974. The fraction of sp³-hybridized carbons (Fsp3) is 0.353. The van der Waals surface area contributed by atoms with Crippen molar-refractivity contribution in [2.45, 2.75) is 6.61 Å². The van der Waals surface area contributed by atoms with Gasteiger partial charge in [-0.25, -0.2) is 4.79 Å². The van der Waals surface area contributed by atoms with Crippen LogP contribution in [-0.4, -0.2) is 29.4 Å². The van der Waals surface area contributed by atoms with Gasteiger partial charge in [0.2, 0.25) is 0 Å².